The van der Waals surface area contributed by atoms with Crippen LogP contribution < -0.4 is 5.32 Å². The first kappa shape index (κ1) is 10.4. The van der Waals surface area contributed by atoms with Crippen LogP contribution in [-0.4, -0.2) is 9.97 Å². The summed E-state index contributed by atoms with van der Waals surface area (Å²) >= 11 is 2.24. The molecule has 0 spiro atoms. The summed E-state index contributed by atoms with van der Waals surface area (Å²) in [5.41, 5.74) is 1.15. The van der Waals surface area contributed by atoms with Crippen LogP contribution in [0.1, 0.15) is 5.56 Å². The van der Waals surface area contributed by atoms with Crippen molar-refractivity contribution in [2.45, 2.75) is 6.54 Å². The third-order valence-corrected chi connectivity index (χ3v) is 2.56. The highest BCUT2D eigenvalue weighted by Crippen LogP contribution is 2.08. The van der Waals surface area contributed by atoms with Gasteiger partial charge in [-0.2, -0.15) is 0 Å². The maximum atomic E-state index is 4.25. The molecule has 2 aromatic rings. The van der Waals surface area contributed by atoms with Crippen LogP contribution in [0.2, 0.25) is 0 Å². The predicted molar refractivity (Wildman–Crippen MR) is 68.5 cm³/mol. The minimum Gasteiger partial charge on any atom is -0.366 e. The molecule has 1 N–H and O–H groups in total. The minimum atomic E-state index is 0.751. The molecule has 0 saturated carbocycles. The van der Waals surface area contributed by atoms with Gasteiger partial charge in [0.25, 0.3) is 0 Å². The Labute approximate surface area is 102 Å². The Morgan fingerprint density at radius 3 is 2.80 bits per heavy atom. The first-order chi connectivity index (χ1) is 7.34. The van der Waals surface area contributed by atoms with E-state index >= 15 is 0 Å². The van der Waals surface area contributed by atoms with Gasteiger partial charge >= 0.3 is 0 Å². The normalized spacial score (nSPS) is 9.93. The Hall–Kier alpha value is -1.17. The summed E-state index contributed by atoms with van der Waals surface area (Å²) < 4.78 is 1.14. The molecule has 2 rings (SSSR count). The molecule has 4 heteroatoms. The Morgan fingerprint density at radius 1 is 1.20 bits per heavy atom. The maximum absolute atomic E-state index is 4.25. The van der Waals surface area contributed by atoms with Gasteiger partial charge in [0.1, 0.15) is 5.82 Å². The highest BCUT2D eigenvalue weighted by atomic mass is 127. The molecule has 2 aromatic heterocycles. The van der Waals surface area contributed by atoms with Crippen molar-refractivity contribution in [3.05, 3.63) is 52.0 Å². The number of hydrogen-bond acceptors (Lipinski definition) is 3. The Balaban J connectivity index is 1.96. The lowest BCUT2D eigenvalue weighted by Crippen LogP contribution is -2.01. The van der Waals surface area contributed by atoms with Gasteiger partial charge in [0.05, 0.1) is 0 Å². The number of rotatable bonds is 3. The lowest BCUT2D eigenvalue weighted by Gasteiger charge is -2.04. The van der Waals surface area contributed by atoms with Gasteiger partial charge < -0.3 is 5.32 Å². The number of halogens is 1. The van der Waals surface area contributed by atoms with E-state index < -0.39 is 0 Å². The van der Waals surface area contributed by atoms with Crippen LogP contribution in [0, 0.1) is 3.57 Å². The van der Waals surface area contributed by atoms with Crippen LogP contribution >= 0.6 is 22.6 Å². The quantitative estimate of drug-likeness (QED) is 0.886. The molecule has 3 nitrogen and oxygen atoms in total. The van der Waals surface area contributed by atoms with Crippen molar-refractivity contribution in [3.63, 3.8) is 0 Å². The second-order valence-electron chi connectivity index (χ2n) is 3.08. The molecular formula is C11H10IN3. The smallest absolute Gasteiger partial charge is 0.126 e. The number of hydrogen-bond donors (Lipinski definition) is 1. The predicted octanol–water partition coefficient (Wildman–Crippen LogP) is 2.69. The van der Waals surface area contributed by atoms with Crippen molar-refractivity contribution in [2.75, 3.05) is 5.32 Å². The molecule has 0 fully saturated rings. The largest absolute Gasteiger partial charge is 0.366 e. The number of nitrogens with zero attached hydrogens (tertiary/aromatic N) is 2. The summed E-state index contributed by atoms with van der Waals surface area (Å²) in [5, 5.41) is 3.23. The van der Waals surface area contributed by atoms with Gasteiger partial charge in [0.2, 0.25) is 0 Å². The first-order valence-corrected chi connectivity index (χ1v) is 5.67. The monoisotopic (exact) mass is 311 g/mol. The van der Waals surface area contributed by atoms with Crippen LogP contribution in [0.3, 0.4) is 0 Å². The molecule has 0 atom stereocenters. The average Bonchev–Trinajstić information content (AvgIpc) is 2.30. The molecule has 2 heterocycles. The fourth-order valence-electron chi connectivity index (χ4n) is 1.18. The molecule has 0 aliphatic carbocycles. The second-order valence-corrected chi connectivity index (χ2v) is 4.32. The number of pyridine rings is 2. The average molecular weight is 311 g/mol. The van der Waals surface area contributed by atoms with Gasteiger partial charge in [-0.25, -0.2) is 4.98 Å². The van der Waals surface area contributed by atoms with E-state index in [1.807, 2.05) is 36.7 Å². The van der Waals surface area contributed by atoms with E-state index in [-0.39, 0.29) is 0 Å². The highest BCUT2D eigenvalue weighted by molar-refractivity contribution is 14.1. The molecule has 0 amide bonds. The minimum absolute atomic E-state index is 0.751. The Bertz CT molecular complexity index is 414. The molecule has 0 aromatic carbocycles. The van der Waals surface area contributed by atoms with Crippen LogP contribution in [0.5, 0.6) is 0 Å². The number of anilines is 1. The van der Waals surface area contributed by atoms with Crippen molar-refractivity contribution < 1.29 is 0 Å². The summed E-state index contributed by atoms with van der Waals surface area (Å²) in [6.07, 6.45) is 5.46. The molecule has 0 unspecified atom stereocenters. The van der Waals surface area contributed by atoms with E-state index in [0.717, 1.165) is 21.5 Å². The number of aromatic nitrogens is 2. The fourth-order valence-corrected chi connectivity index (χ4v) is 1.49. The van der Waals surface area contributed by atoms with Gasteiger partial charge in [-0.3, -0.25) is 4.98 Å². The standard InChI is InChI=1S/C11H10IN3/c12-10-3-4-11(15-8-10)14-7-9-2-1-5-13-6-9/h1-6,8H,7H2,(H,14,15). The molecule has 76 valence electrons. The Kier molecular flexibility index (Phi) is 3.49. The van der Waals surface area contributed by atoms with E-state index in [9.17, 15) is 0 Å². The summed E-state index contributed by atoms with van der Waals surface area (Å²) in [6.45, 7) is 0.751. The fraction of sp³-hybridized carbons (Fsp3) is 0.0909. The highest BCUT2D eigenvalue weighted by Gasteiger charge is 1.94. The summed E-state index contributed by atoms with van der Waals surface area (Å²) in [7, 11) is 0. The van der Waals surface area contributed by atoms with E-state index in [1.54, 1.807) is 6.20 Å². The van der Waals surface area contributed by atoms with E-state index in [0.29, 0.717) is 0 Å². The third-order valence-electron chi connectivity index (χ3n) is 1.92. The van der Waals surface area contributed by atoms with Crippen LogP contribution in [0.4, 0.5) is 5.82 Å². The topological polar surface area (TPSA) is 37.8 Å². The SMILES string of the molecule is Ic1ccc(NCc2cccnc2)nc1. The molecular weight excluding hydrogens is 301 g/mol. The van der Waals surface area contributed by atoms with Crippen molar-refractivity contribution in [1.82, 2.24) is 9.97 Å². The molecule has 0 saturated heterocycles. The first-order valence-electron chi connectivity index (χ1n) is 4.59. The number of nitrogens with one attached hydrogen (secondary N) is 1. The summed E-state index contributed by atoms with van der Waals surface area (Å²) in [6, 6.07) is 7.96. The summed E-state index contributed by atoms with van der Waals surface area (Å²) in [4.78, 5) is 8.30. The van der Waals surface area contributed by atoms with Crippen molar-refractivity contribution in [2.24, 2.45) is 0 Å². The maximum Gasteiger partial charge on any atom is 0.126 e. The lowest BCUT2D eigenvalue weighted by atomic mass is 10.3. The van der Waals surface area contributed by atoms with Gasteiger partial charge in [0.15, 0.2) is 0 Å². The molecule has 0 bridgehead atoms. The molecule has 15 heavy (non-hydrogen) atoms. The van der Waals surface area contributed by atoms with Gasteiger partial charge in [-0.15, -0.1) is 0 Å². The van der Waals surface area contributed by atoms with Gasteiger partial charge in [-0.1, -0.05) is 6.07 Å². The zero-order valence-electron chi connectivity index (χ0n) is 8.02. The zero-order chi connectivity index (χ0) is 10.5. The van der Waals surface area contributed by atoms with Crippen LogP contribution in [0.25, 0.3) is 0 Å². The lowest BCUT2D eigenvalue weighted by molar-refractivity contribution is 1.08. The third kappa shape index (κ3) is 3.16. The van der Waals surface area contributed by atoms with Crippen molar-refractivity contribution in [1.29, 1.82) is 0 Å². The molecule has 0 radical (unpaired) electrons. The van der Waals surface area contributed by atoms with Crippen molar-refractivity contribution >= 4 is 28.4 Å². The van der Waals surface area contributed by atoms with E-state index in [2.05, 4.69) is 37.9 Å². The Morgan fingerprint density at radius 2 is 2.13 bits per heavy atom. The van der Waals surface area contributed by atoms with Gasteiger partial charge in [-0.05, 0) is 46.4 Å². The van der Waals surface area contributed by atoms with E-state index in [4.69, 9.17) is 0 Å². The second kappa shape index (κ2) is 5.06. The van der Waals surface area contributed by atoms with Crippen LogP contribution in [-0.2, 0) is 6.54 Å². The van der Waals surface area contributed by atoms with Gasteiger partial charge in [0, 0.05) is 28.7 Å². The van der Waals surface area contributed by atoms with Crippen LogP contribution in [0.15, 0.2) is 42.9 Å². The van der Waals surface area contributed by atoms with Crippen molar-refractivity contribution in [3.8, 4) is 0 Å². The summed E-state index contributed by atoms with van der Waals surface area (Å²) in [5.74, 6) is 0.888. The molecule has 0 aliphatic rings. The van der Waals surface area contributed by atoms with E-state index in [1.165, 1.54) is 0 Å². The molecule has 0 aliphatic heterocycles. The zero-order valence-corrected chi connectivity index (χ0v) is 10.2.